The molecule has 1 atom stereocenters. The SMILES string of the molecule is CC(Nc1cc(Cl)ccc1C#N)C(F)F. The van der Waals surface area contributed by atoms with E-state index in [1.165, 1.54) is 19.1 Å². The van der Waals surface area contributed by atoms with E-state index < -0.39 is 12.5 Å². The van der Waals surface area contributed by atoms with Crippen LogP contribution >= 0.6 is 11.6 Å². The van der Waals surface area contributed by atoms with Crippen LogP contribution in [0.15, 0.2) is 18.2 Å². The zero-order valence-electron chi connectivity index (χ0n) is 7.97. The molecule has 0 saturated carbocycles. The van der Waals surface area contributed by atoms with Gasteiger partial charge in [0.2, 0.25) is 0 Å². The lowest BCUT2D eigenvalue weighted by atomic mass is 10.2. The molecule has 1 aromatic carbocycles. The summed E-state index contributed by atoms with van der Waals surface area (Å²) in [5, 5.41) is 11.7. The second-order valence-corrected chi connectivity index (χ2v) is 3.51. The Labute approximate surface area is 91.5 Å². The van der Waals surface area contributed by atoms with E-state index in [-0.39, 0.29) is 0 Å². The maximum Gasteiger partial charge on any atom is 0.258 e. The van der Waals surface area contributed by atoms with Crippen molar-refractivity contribution in [3.05, 3.63) is 28.8 Å². The van der Waals surface area contributed by atoms with Gasteiger partial charge < -0.3 is 5.32 Å². The van der Waals surface area contributed by atoms with Gasteiger partial charge in [0.25, 0.3) is 6.43 Å². The largest absolute Gasteiger partial charge is 0.376 e. The Bertz CT molecular complexity index is 387. The maximum atomic E-state index is 12.3. The lowest BCUT2D eigenvalue weighted by Crippen LogP contribution is -2.24. The summed E-state index contributed by atoms with van der Waals surface area (Å²) < 4.78 is 24.5. The number of nitrogens with zero attached hydrogens (tertiary/aromatic N) is 1. The van der Waals surface area contributed by atoms with Gasteiger partial charge in [-0.2, -0.15) is 5.26 Å². The van der Waals surface area contributed by atoms with Crippen molar-refractivity contribution in [3.63, 3.8) is 0 Å². The highest BCUT2D eigenvalue weighted by atomic mass is 35.5. The van der Waals surface area contributed by atoms with Gasteiger partial charge in [0, 0.05) is 5.02 Å². The van der Waals surface area contributed by atoms with E-state index in [1.807, 2.05) is 6.07 Å². The number of hydrogen-bond acceptors (Lipinski definition) is 2. The third kappa shape index (κ3) is 3.07. The minimum Gasteiger partial charge on any atom is -0.376 e. The Morgan fingerprint density at radius 2 is 2.13 bits per heavy atom. The molecule has 15 heavy (non-hydrogen) atoms. The summed E-state index contributed by atoms with van der Waals surface area (Å²) in [6.07, 6.45) is -2.49. The van der Waals surface area contributed by atoms with Gasteiger partial charge in [-0.25, -0.2) is 8.78 Å². The first-order chi connectivity index (χ1) is 7.04. The molecule has 0 aliphatic carbocycles. The van der Waals surface area contributed by atoms with E-state index in [1.54, 1.807) is 6.07 Å². The van der Waals surface area contributed by atoms with E-state index in [4.69, 9.17) is 16.9 Å². The molecule has 5 heteroatoms. The van der Waals surface area contributed by atoms with Crippen molar-refractivity contribution in [2.45, 2.75) is 19.4 Å². The average Bonchev–Trinajstić information content (AvgIpc) is 2.18. The monoisotopic (exact) mass is 230 g/mol. The molecule has 0 aromatic heterocycles. The number of hydrogen-bond donors (Lipinski definition) is 1. The van der Waals surface area contributed by atoms with Crippen LogP contribution in [0.5, 0.6) is 0 Å². The molecule has 0 amide bonds. The number of rotatable bonds is 3. The molecule has 1 unspecified atom stereocenters. The van der Waals surface area contributed by atoms with Gasteiger partial charge in [0.15, 0.2) is 0 Å². The molecule has 0 bridgehead atoms. The van der Waals surface area contributed by atoms with Gasteiger partial charge in [-0.1, -0.05) is 11.6 Å². The summed E-state index contributed by atoms with van der Waals surface area (Å²) >= 11 is 5.70. The zero-order valence-corrected chi connectivity index (χ0v) is 8.72. The summed E-state index contributed by atoms with van der Waals surface area (Å²) in [5.41, 5.74) is 0.629. The van der Waals surface area contributed by atoms with Gasteiger partial charge >= 0.3 is 0 Å². The fourth-order valence-corrected chi connectivity index (χ4v) is 1.21. The van der Waals surface area contributed by atoms with Crippen molar-refractivity contribution in [2.24, 2.45) is 0 Å². The lowest BCUT2D eigenvalue weighted by Gasteiger charge is -2.15. The van der Waals surface area contributed by atoms with Gasteiger partial charge in [-0.15, -0.1) is 0 Å². The highest BCUT2D eigenvalue weighted by Crippen LogP contribution is 2.22. The van der Waals surface area contributed by atoms with Crippen LogP contribution in [0.1, 0.15) is 12.5 Å². The van der Waals surface area contributed by atoms with E-state index >= 15 is 0 Å². The van der Waals surface area contributed by atoms with Crippen molar-refractivity contribution in [1.29, 1.82) is 5.26 Å². The molecule has 1 rings (SSSR count). The molecule has 1 aromatic rings. The summed E-state index contributed by atoms with van der Waals surface area (Å²) in [7, 11) is 0. The number of alkyl halides is 2. The van der Waals surface area contributed by atoms with Crippen molar-refractivity contribution < 1.29 is 8.78 Å². The molecular formula is C10H9ClF2N2. The summed E-state index contributed by atoms with van der Waals surface area (Å²) in [4.78, 5) is 0. The Morgan fingerprint density at radius 3 is 2.67 bits per heavy atom. The molecule has 0 saturated heterocycles. The van der Waals surface area contributed by atoms with Crippen molar-refractivity contribution in [2.75, 3.05) is 5.32 Å². The van der Waals surface area contributed by atoms with Crippen molar-refractivity contribution in [1.82, 2.24) is 0 Å². The fraction of sp³-hybridized carbons (Fsp3) is 0.300. The van der Waals surface area contributed by atoms with Crippen LogP contribution in [0.2, 0.25) is 5.02 Å². The summed E-state index contributed by atoms with van der Waals surface area (Å²) in [6, 6.07) is 5.37. The first kappa shape index (κ1) is 11.7. The van der Waals surface area contributed by atoms with Crippen LogP contribution in [-0.4, -0.2) is 12.5 Å². The molecule has 0 heterocycles. The molecule has 2 nitrogen and oxygen atoms in total. The van der Waals surface area contributed by atoms with Crippen LogP contribution < -0.4 is 5.32 Å². The molecule has 0 aliphatic rings. The molecule has 0 fully saturated rings. The van der Waals surface area contributed by atoms with Gasteiger partial charge in [-0.05, 0) is 25.1 Å². The minimum absolute atomic E-state index is 0.298. The first-order valence-electron chi connectivity index (χ1n) is 4.29. The van der Waals surface area contributed by atoms with E-state index in [9.17, 15) is 8.78 Å². The third-order valence-corrected chi connectivity index (χ3v) is 2.10. The van der Waals surface area contributed by atoms with Gasteiger partial charge in [-0.3, -0.25) is 0 Å². The smallest absolute Gasteiger partial charge is 0.258 e. The second kappa shape index (κ2) is 4.94. The minimum atomic E-state index is -2.49. The average molecular weight is 231 g/mol. The Kier molecular flexibility index (Phi) is 3.87. The number of nitrogens with one attached hydrogen (secondary N) is 1. The van der Waals surface area contributed by atoms with Crippen LogP contribution in [0, 0.1) is 11.3 Å². The predicted molar refractivity (Wildman–Crippen MR) is 55.3 cm³/mol. The molecule has 0 radical (unpaired) electrons. The Morgan fingerprint density at radius 1 is 1.47 bits per heavy atom. The number of halogens is 3. The van der Waals surface area contributed by atoms with Gasteiger partial charge in [0.05, 0.1) is 17.3 Å². The topological polar surface area (TPSA) is 35.8 Å². The molecule has 80 valence electrons. The summed E-state index contributed by atoms with van der Waals surface area (Å²) in [5.74, 6) is 0. The predicted octanol–water partition coefficient (Wildman–Crippen LogP) is 3.28. The highest BCUT2D eigenvalue weighted by molar-refractivity contribution is 6.30. The molecule has 1 N–H and O–H groups in total. The van der Waals surface area contributed by atoms with Crippen molar-refractivity contribution >= 4 is 17.3 Å². The summed E-state index contributed by atoms with van der Waals surface area (Å²) in [6.45, 7) is 1.34. The molecule has 0 spiro atoms. The van der Waals surface area contributed by atoms with E-state index in [0.717, 1.165) is 0 Å². The van der Waals surface area contributed by atoms with Crippen LogP contribution in [-0.2, 0) is 0 Å². The Balaban J connectivity index is 2.93. The van der Waals surface area contributed by atoms with Crippen LogP contribution in [0.4, 0.5) is 14.5 Å². The quantitative estimate of drug-likeness (QED) is 0.865. The number of nitriles is 1. The lowest BCUT2D eigenvalue weighted by molar-refractivity contribution is 0.130. The first-order valence-corrected chi connectivity index (χ1v) is 4.66. The highest BCUT2D eigenvalue weighted by Gasteiger charge is 2.15. The molecular weight excluding hydrogens is 222 g/mol. The number of benzene rings is 1. The van der Waals surface area contributed by atoms with Gasteiger partial charge in [0.1, 0.15) is 6.07 Å². The third-order valence-electron chi connectivity index (χ3n) is 1.86. The zero-order chi connectivity index (χ0) is 11.4. The van der Waals surface area contributed by atoms with Crippen LogP contribution in [0.3, 0.4) is 0 Å². The standard InChI is InChI=1S/C10H9ClF2N2/c1-6(10(12)13)15-9-4-8(11)3-2-7(9)5-14/h2-4,6,10,15H,1H3. The fourth-order valence-electron chi connectivity index (χ4n) is 1.04. The van der Waals surface area contributed by atoms with Crippen LogP contribution in [0.25, 0.3) is 0 Å². The normalized spacial score (nSPS) is 12.3. The van der Waals surface area contributed by atoms with E-state index in [2.05, 4.69) is 5.32 Å². The molecule has 0 aliphatic heterocycles. The number of anilines is 1. The second-order valence-electron chi connectivity index (χ2n) is 3.07. The Hall–Kier alpha value is -1.34. The maximum absolute atomic E-state index is 12.3. The van der Waals surface area contributed by atoms with E-state index in [0.29, 0.717) is 16.3 Å². The van der Waals surface area contributed by atoms with Crippen molar-refractivity contribution in [3.8, 4) is 6.07 Å².